The monoisotopic (exact) mass is 386 g/mol. The number of carbonyl (C=O) groups excluding carboxylic acids is 2. The van der Waals surface area contributed by atoms with Crippen molar-refractivity contribution < 1.29 is 14.0 Å². The van der Waals surface area contributed by atoms with Crippen molar-refractivity contribution in [2.24, 2.45) is 5.92 Å². The zero-order valence-electron chi connectivity index (χ0n) is 16.1. The van der Waals surface area contributed by atoms with Crippen LogP contribution in [-0.4, -0.2) is 60.9 Å². The van der Waals surface area contributed by atoms with Crippen molar-refractivity contribution in [2.75, 3.05) is 44.2 Å². The van der Waals surface area contributed by atoms with Crippen LogP contribution in [0.25, 0.3) is 0 Å². The summed E-state index contributed by atoms with van der Waals surface area (Å²) >= 11 is 0. The summed E-state index contributed by atoms with van der Waals surface area (Å²) in [6.07, 6.45) is 4.15. The van der Waals surface area contributed by atoms with Crippen LogP contribution in [0.5, 0.6) is 0 Å². The number of piperazine rings is 1. The van der Waals surface area contributed by atoms with E-state index >= 15 is 0 Å². The van der Waals surface area contributed by atoms with Gasteiger partial charge in [0, 0.05) is 39.3 Å². The van der Waals surface area contributed by atoms with Crippen LogP contribution in [0.15, 0.2) is 24.3 Å². The van der Waals surface area contributed by atoms with Crippen LogP contribution in [0, 0.1) is 23.1 Å². The van der Waals surface area contributed by atoms with Crippen molar-refractivity contribution in [3.05, 3.63) is 30.1 Å². The van der Waals surface area contributed by atoms with Gasteiger partial charge < -0.3 is 14.7 Å². The van der Waals surface area contributed by atoms with E-state index in [1.54, 1.807) is 28.0 Å². The molecule has 3 rings (SSSR count). The maximum atomic E-state index is 14.0. The maximum absolute atomic E-state index is 14.0. The number of carbonyl (C=O) groups is 2. The molecule has 1 aromatic rings. The Hall–Kier alpha value is -2.62. The molecule has 7 heteroatoms. The van der Waals surface area contributed by atoms with Crippen LogP contribution >= 0.6 is 0 Å². The second-order valence-electron chi connectivity index (χ2n) is 7.44. The number of hydrogen-bond donors (Lipinski definition) is 0. The summed E-state index contributed by atoms with van der Waals surface area (Å²) in [7, 11) is 0. The molecule has 0 N–H and O–H groups in total. The first-order valence-electron chi connectivity index (χ1n) is 10.1. The topological polar surface area (TPSA) is 67.6 Å². The number of para-hydroxylation sites is 1. The molecule has 0 aromatic heterocycles. The second kappa shape index (κ2) is 9.54. The Kier molecular flexibility index (Phi) is 6.85. The van der Waals surface area contributed by atoms with Crippen molar-refractivity contribution in [1.29, 1.82) is 5.26 Å². The van der Waals surface area contributed by atoms with Gasteiger partial charge in [-0.1, -0.05) is 25.0 Å². The van der Waals surface area contributed by atoms with E-state index in [0.29, 0.717) is 45.0 Å². The zero-order valence-corrected chi connectivity index (χ0v) is 16.1. The Morgan fingerprint density at radius 2 is 1.61 bits per heavy atom. The lowest BCUT2D eigenvalue weighted by Crippen LogP contribution is -2.51. The SMILES string of the molecule is N#CC(CC(=O)N1CCCCCC1)C(=O)N1CCN(c2ccccc2F)CC1. The van der Waals surface area contributed by atoms with Crippen LogP contribution in [0.1, 0.15) is 32.1 Å². The molecule has 0 radical (unpaired) electrons. The first-order valence-corrected chi connectivity index (χ1v) is 10.1. The van der Waals surface area contributed by atoms with Gasteiger partial charge in [-0.3, -0.25) is 9.59 Å². The van der Waals surface area contributed by atoms with Crippen LogP contribution in [-0.2, 0) is 9.59 Å². The summed E-state index contributed by atoms with van der Waals surface area (Å²) in [4.78, 5) is 30.6. The van der Waals surface area contributed by atoms with Gasteiger partial charge in [0.2, 0.25) is 11.8 Å². The summed E-state index contributed by atoms with van der Waals surface area (Å²) in [6, 6.07) is 8.61. The number of hydrogen-bond acceptors (Lipinski definition) is 4. The third-order valence-corrected chi connectivity index (χ3v) is 5.58. The van der Waals surface area contributed by atoms with Gasteiger partial charge in [0.1, 0.15) is 11.7 Å². The molecular formula is C21H27FN4O2. The highest BCUT2D eigenvalue weighted by Crippen LogP contribution is 2.21. The van der Waals surface area contributed by atoms with E-state index in [-0.39, 0.29) is 24.1 Å². The van der Waals surface area contributed by atoms with Crippen LogP contribution < -0.4 is 4.90 Å². The minimum Gasteiger partial charge on any atom is -0.366 e. The molecule has 2 saturated heterocycles. The number of anilines is 1. The lowest BCUT2D eigenvalue weighted by Gasteiger charge is -2.37. The third-order valence-electron chi connectivity index (χ3n) is 5.58. The minimum atomic E-state index is -0.948. The molecule has 2 heterocycles. The van der Waals surface area contributed by atoms with Gasteiger partial charge in [0.15, 0.2) is 0 Å². The predicted octanol–water partition coefficient (Wildman–Crippen LogP) is 2.41. The van der Waals surface area contributed by atoms with E-state index in [4.69, 9.17) is 0 Å². The Balaban J connectivity index is 1.55. The molecule has 2 aliphatic heterocycles. The fraction of sp³-hybridized carbons (Fsp3) is 0.571. The standard InChI is InChI=1S/C21H27FN4O2/c22-18-7-3-4-8-19(18)24-11-13-26(14-12-24)21(28)17(16-23)15-20(27)25-9-5-1-2-6-10-25/h3-4,7-8,17H,1-2,5-6,9-15H2. The number of likely N-dealkylation sites (tertiary alicyclic amines) is 1. The van der Waals surface area contributed by atoms with E-state index < -0.39 is 5.92 Å². The molecule has 2 amide bonds. The Morgan fingerprint density at radius 3 is 2.21 bits per heavy atom. The average molecular weight is 386 g/mol. The highest BCUT2D eigenvalue weighted by Gasteiger charge is 2.31. The van der Waals surface area contributed by atoms with Gasteiger partial charge in [0.05, 0.1) is 18.2 Å². The number of benzene rings is 1. The zero-order chi connectivity index (χ0) is 19.9. The Morgan fingerprint density at radius 1 is 0.964 bits per heavy atom. The number of nitrogens with zero attached hydrogens (tertiary/aromatic N) is 4. The highest BCUT2D eigenvalue weighted by atomic mass is 19.1. The van der Waals surface area contributed by atoms with Gasteiger partial charge in [-0.05, 0) is 25.0 Å². The molecule has 6 nitrogen and oxygen atoms in total. The summed E-state index contributed by atoms with van der Waals surface area (Å²) in [5.41, 5.74) is 0.530. The van der Waals surface area contributed by atoms with Gasteiger partial charge in [-0.2, -0.15) is 5.26 Å². The molecule has 1 atom stereocenters. The summed E-state index contributed by atoms with van der Waals surface area (Å²) in [5, 5.41) is 9.47. The number of nitriles is 1. The van der Waals surface area contributed by atoms with E-state index in [2.05, 4.69) is 0 Å². The quantitative estimate of drug-likeness (QED) is 0.797. The van der Waals surface area contributed by atoms with E-state index in [1.807, 2.05) is 11.0 Å². The second-order valence-corrected chi connectivity index (χ2v) is 7.44. The van der Waals surface area contributed by atoms with Gasteiger partial charge in [-0.15, -0.1) is 0 Å². The van der Waals surface area contributed by atoms with Gasteiger partial charge >= 0.3 is 0 Å². The van der Waals surface area contributed by atoms with Crippen molar-refractivity contribution in [1.82, 2.24) is 9.80 Å². The first kappa shape index (κ1) is 20.1. The smallest absolute Gasteiger partial charge is 0.240 e. The van der Waals surface area contributed by atoms with E-state index in [9.17, 15) is 19.2 Å². The number of rotatable bonds is 4. The van der Waals surface area contributed by atoms with Gasteiger partial charge in [-0.25, -0.2) is 4.39 Å². The van der Waals surface area contributed by atoms with Gasteiger partial charge in [0.25, 0.3) is 0 Å². The number of halogens is 1. The average Bonchev–Trinajstić information content (AvgIpc) is 3.01. The van der Waals surface area contributed by atoms with E-state index in [0.717, 1.165) is 25.7 Å². The fourth-order valence-corrected chi connectivity index (χ4v) is 3.91. The lowest BCUT2D eigenvalue weighted by molar-refractivity contribution is -0.139. The molecule has 0 spiro atoms. The highest BCUT2D eigenvalue weighted by molar-refractivity contribution is 5.88. The Bertz CT molecular complexity index is 732. The van der Waals surface area contributed by atoms with Crippen LogP contribution in [0.3, 0.4) is 0 Å². The molecular weight excluding hydrogens is 359 g/mol. The molecule has 0 saturated carbocycles. The van der Waals surface area contributed by atoms with Crippen molar-refractivity contribution in [3.8, 4) is 6.07 Å². The molecule has 1 aromatic carbocycles. The normalized spacial score (nSPS) is 18.9. The lowest BCUT2D eigenvalue weighted by atomic mass is 10.0. The summed E-state index contributed by atoms with van der Waals surface area (Å²) < 4.78 is 14.0. The largest absolute Gasteiger partial charge is 0.366 e. The third kappa shape index (κ3) is 4.80. The minimum absolute atomic E-state index is 0.0527. The first-order chi connectivity index (χ1) is 13.6. The molecule has 2 fully saturated rings. The fourth-order valence-electron chi connectivity index (χ4n) is 3.91. The molecule has 150 valence electrons. The number of amides is 2. The summed E-state index contributed by atoms with van der Waals surface area (Å²) in [5.74, 6) is -1.62. The van der Waals surface area contributed by atoms with Crippen molar-refractivity contribution >= 4 is 17.5 Å². The Labute approximate surface area is 165 Å². The molecule has 0 bridgehead atoms. The maximum Gasteiger partial charge on any atom is 0.240 e. The molecule has 0 aliphatic carbocycles. The predicted molar refractivity (Wildman–Crippen MR) is 104 cm³/mol. The molecule has 1 unspecified atom stereocenters. The van der Waals surface area contributed by atoms with E-state index in [1.165, 1.54) is 6.07 Å². The van der Waals surface area contributed by atoms with Crippen LogP contribution in [0.4, 0.5) is 10.1 Å². The van der Waals surface area contributed by atoms with Crippen LogP contribution in [0.2, 0.25) is 0 Å². The van der Waals surface area contributed by atoms with Crippen molar-refractivity contribution in [2.45, 2.75) is 32.1 Å². The van der Waals surface area contributed by atoms with Crippen molar-refractivity contribution in [3.63, 3.8) is 0 Å². The summed E-state index contributed by atoms with van der Waals surface area (Å²) in [6.45, 7) is 3.28. The molecule has 28 heavy (non-hydrogen) atoms. The molecule has 2 aliphatic rings.